The van der Waals surface area contributed by atoms with Crippen LogP contribution < -0.4 is 5.32 Å². The van der Waals surface area contributed by atoms with Gasteiger partial charge in [-0.1, -0.05) is 27.7 Å². The normalized spacial score (nSPS) is 11.1. The summed E-state index contributed by atoms with van der Waals surface area (Å²) >= 11 is 0. The first-order valence-corrected chi connectivity index (χ1v) is 4.30. The molecular formula is C9H19NO. The van der Waals surface area contributed by atoms with Crippen molar-refractivity contribution >= 4 is 5.78 Å². The lowest BCUT2D eigenvalue weighted by molar-refractivity contribution is -0.121. The Morgan fingerprint density at radius 2 is 1.82 bits per heavy atom. The third kappa shape index (κ3) is 6.05. The molecule has 0 fully saturated rings. The molecule has 0 aliphatic carbocycles. The van der Waals surface area contributed by atoms with Gasteiger partial charge in [0, 0.05) is 24.9 Å². The van der Waals surface area contributed by atoms with Crippen molar-refractivity contribution in [3.05, 3.63) is 0 Å². The highest BCUT2D eigenvalue weighted by Gasteiger charge is 2.05. The maximum atomic E-state index is 11.1. The molecule has 0 aliphatic rings. The molecule has 0 radical (unpaired) electrons. The minimum absolute atomic E-state index is 0.184. The molecule has 0 spiro atoms. The van der Waals surface area contributed by atoms with Gasteiger partial charge < -0.3 is 5.32 Å². The minimum Gasteiger partial charge on any atom is -0.314 e. The van der Waals surface area contributed by atoms with Crippen molar-refractivity contribution in [2.75, 3.05) is 6.54 Å². The van der Waals surface area contributed by atoms with Crippen LogP contribution in [0.4, 0.5) is 0 Å². The van der Waals surface area contributed by atoms with Gasteiger partial charge in [-0.25, -0.2) is 0 Å². The van der Waals surface area contributed by atoms with Crippen LogP contribution in [0.3, 0.4) is 0 Å². The Hall–Kier alpha value is -0.370. The summed E-state index contributed by atoms with van der Waals surface area (Å²) in [5.41, 5.74) is 0. The second kappa shape index (κ2) is 5.30. The molecule has 0 saturated heterocycles. The molecule has 0 aromatic carbocycles. The maximum Gasteiger partial charge on any atom is 0.136 e. The van der Waals surface area contributed by atoms with Gasteiger partial charge in [0.1, 0.15) is 5.78 Å². The summed E-state index contributed by atoms with van der Waals surface area (Å²) in [6.07, 6.45) is 0.663. The van der Waals surface area contributed by atoms with Crippen LogP contribution in [0.2, 0.25) is 0 Å². The van der Waals surface area contributed by atoms with Crippen molar-refractivity contribution in [1.82, 2.24) is 5.32 Å². The average Bonchev–Trinajstić information content (AvgIpc) is 1.86. The van der Waals surface area contributed by atoms with E-state index in [-0.39, 0.29) is 5.92 Å². The fraction of sp³-hybridized carbons (Fsp3) is 0.889. The molecule has 0 aromatic rings. The van der Waals surface area contributed by atoms with Crippen molar-refractivity contribution in [1.29, 1.82) is 0 Å². The summed E-state index contributed by atoms with van der Waals surface area (Å²) in [6.45, 7) is 8.86. The summed E-state index contributed by atoms with van der Waals surface area (Å²) in [5, 5.41) is 3.21. The first kappa shape index (κ1) is 10.6. The van der Waals surface area contributed by atoms with Gasteiger partial charge in [0.25, 0.3) is 0 Å². The van der Waals surface area contributed by atoms with E-state index in [9.17, 15) is 4.79 Å². The zero-order chi connectivity index (χ0) is 8.85. The van der Waals surface area contributed by atoms with Gasteiger partial charge in [0.15, 0.2) is 0 Å². The molecule has 11 heavy (non-hydrogen) atoms. The molecule has 0 heterocycles. The van der Waals surface area contributed by atoms with E-state index in [4.69, 9.17) is 0 Å². The van der Waals surface area contributed by atoms with E-state index < -0.39 is 0 Å². The fourth-order valence-corrected chi connectivity index (χ4v) is 0.773. The molecule has 66 valence electrons. The number of Topliss-reactive ketones (excluding diaryl/α,β-unsaturated/α-hetero) is 1. The molecule has 1 N–H and O–H groups in total. The van der Waals surface area contributed by atoms with Crippen LogP contribution in [0.5, 0.6) is 0 Å². The van der Waals surface area contributed by atoms with E-state index in [1.165, 1.54) is 0 Å². The highest BCUT2D eigenvalue weighted by molar-refractivity contribution is 5.80. The number of ketones is 1. The molecule has 0 saturated carbocycles. The van der Waals surface area contributed by atoms with Crippen LogP contribution in [-0.4, -0.2) is 18.4 Å². The number of carbonyl (C=O) groups excluding carboxylic acids is 1. The SMILES string of the molecule is CC(C)NCCC(=O)C(C)C. The lowest BCUT2D eigenvalue weighted by Crippen LogP contribution is -2.26. The number of nitrogens with one attached hydrogen (secondary N) is 1. The summed E-state index contributed by atoms with van der Waals surface area (Å²) in [5.74, 6) is 0.530. The lowest BCUT2D eigenvalue weighted by Gasteiger charge is -2.08. The molecule has 0 atom stereocenters. The Morgan fingerprint density at radius 3 is 2.18 bits per heavy atom. The number of hydrogen-bond donors (Lipinski definition) is 1. The Balaban J connectivity index is 3.32. The van der Waals surface area contributed by atoms with Gasteiger partial charge in [0.05, 0.1) is 0 Å². The van der Waals surface area contributed by atoms with E-state index in [1.54, 1.807) is 0 Å². The van der Waals surface area contributed by atoms with E-state index in [0.29, 0.717) is 18.2 Å². The predicted octanol–water partition coefficient (Wildman–Crippen LogP) is 1.60. The number of rotatable bonds is 5. The van der Waals surface area contributed by atoms with Crippen molar-refractivity contribution in [2.45, 2.75) is 40.2 Å². The van der Waals surface area contributed by atoms with Crippen molar-refractivity contribution < 1.29 is 4.79 Å². The quantitative estimate of drug-likeness (QED) is 0.656. The van der Waals surface area contributed by atoms with Crippen LogP contribution in [0, 0.1) is 5.92 Å². The van der Waals surface area contributed by atoms with Gasteiger partial charge in [-0.05, 0) is 0 Å². The van der Waals surface area contributed by atoms with Gasteiger partial charge >= 0.3 is 0 Å². The Morgan fingerprint density at radius 1 is 1.27 bits per heavy atom. The molecule has 0 aliphatic heterocycles. The highest BCUT2D eigenvalue weighted by Crippen LogP contribution is 1.97. The second-order valence-corrected chi connectivity index (χ2v) is 3.48. The summed E-state index contributed by atoms with van der Waals surface area (Å²) in [6, 6.07) is 0.481. The Kier molecular flexibility index (Phi) is 5.12. The molecule has 0 bridgehead atoms. The monoisotopic (exact) mass is 157 g/mol. The van der Waals surface area contributed by atoms with Crippen LogP contribution in [0.1, 0.15) is 34.1 Å². The fourth-order valence-electron chi connectivity index (χ4n) is 0.773. The largest absolute Gasteiger partial charge is 0.314 e. The Labute approximate surface area is 69.4 Å². The predicted molar refractivity (Wildman–Crippen MR) is 47.6 cm³/mol. The van der Waals surface area contributed by atoms with Crippen LogP contribution >= 0.6 is 0 Å². The molecule has 0 amide bonds. The molecule has 2 nitrogen and oxygen atoms in total. The molecule has 0 rings (SSSR count). The topological polar surface area (TPSA) is 29.1 Å². The molecule has 0 aromatic heterocycles. The smallest absolute Gasteiger partial charge is 0.136 e. The van der Waals surface area contributed by atoms with E-state index in [0.717, 1.165) is 6.54 Å². The zero-order valence-corrected chi connectivity index (χ0v) is 7.98. The van der Waals surface area contributed by atoms with Gasteiger partial charge in [-0.2, -0.15) is 0 Å². The molecule has 0 unspecified atom stereocenters. The first-order chi connectivity index (χ1) is 5.04. The van der Waals surface area contributed by atoms with E-state index in [1.807, 2.05) is 13.8 Å². The van der Waals surface area contributed by atoms with Crippen molar-refractivity contribution in [3.63, 3.8) is 0 Å². The van der Waals surface area contributed by atoms with E-state index in [2.05, 4.69) is 19.2 Å². The van der Waals surface area contributed by atoms with Crippen LogP contribution in [0.25, 0.3) is 0 Å². The van der Waals surface area contributed by atoms with Gasteiger partial charge in [0.2, 0.25) is 0 Å². The summed E-state index contributed by atoms with van der Waals surface area (Å²) in [7, 11) is 0. The third-order valence-electron chi connectivity index (χ3n) is 1.57. The maximum absolute atomic E-state index is 11.1. The minimum atomic E-state index is 0.184. The first-order valence-electron chi connectivity index (χ1n) is 4.30. The van der Waals surface area contributed by atoms with Crippen molar-refractivity contribution in [3.8, 4) is 0 Å². The summed E-state index contributed by atoms with van der Waals surface area (Å²) in [4.78, 5) is 11.1. The van der Waals surface area contributed by atoms with Crippen molar-refractivity contribution in [2.24, 2.45) is 5.92 Å². The van der Waals surface area contributed by atoms with E-state index >= 15 is 0 Å². The highest BCUT2D eigenvalue weighted by atomic mass is 16.1. The summed E-state index contributed by atoms with van der Waals surface area (Å²) < 4.78 is 0. The molecular weight excluding hydrogens is 138 g/mol. The lowest BCUT2D eigenvalue weighted by atomic mass is 10.1. The second-order valence-electron chi connectivity index (χ2n) is 3.48. The Bertz CT molecular complexity index is 119. The third-order valence-corrected chi connectivity index (χ3v) is 1.57. The molecule has 2 heteroatoms. The average molecular weight is 157 g/mol. The number of carbonyl (C=O) groups is 1. The van der Waals surface area contributed by atoms with Crippen LogP contribution in [-0.2, 0) is 4.79 Å². The standard InChI is InChI=1S/C9H19NO/c1-7(2)9(11)5-6-10-8(3)4/h7-8,10H,5-6H2,1-4H3. The van der Waals surface area contributed by atoms with Crippen LogP contribution in [0.15, 0.2) is 0 Å². The van der Waals surface area contributed by atoms with Gasteiger partial charge in [-0.15, -0.1) is 0 Å². The number of hydrogen-bond acceptors (Lipinski definition) is 2. The van der Waals surface area contributed by atoms with Gasteiger partial charge in [-0.3, -0.25) is 4.79 Å². The zero-order valence-electron chi connectivity index (χ0n) is 7.98.